The lowest BCUT2D eigenvalue weighted by atomic mass is 9.92. The van der Waals surface area contributed by atoms with Crippen molar-refractivity contribution in [2.45, 2.75) is 19.4 Å². The van der Waals surface area contributed by atoms with Gasteiger partial charge in [-0.2, -0.15) is 0 Å². The third-order valence-electron chi connectivity index (χ3n) is 6.06. The fourth-order valence-electron chi connectivity index (χ4n) is 4.47. The van der Waals surface area contributed by atoms with Gasteiger partial charge in [0.2, 0.25) is 0 Å². The molecule has 162 valence electrons. The molecule has 0 unspecified atom stereocenters. The highest BCUT2D eigenvalue weighted by molar-refractivity contribution is 6.30. The molecule has 2 amide bonds. The van der Waals surface area contributed by atoms with Crippen LogP contribution in [0.3, 0.4) is 0 Å². The van der Waals surface area contributed by atoms with E-state index in [0.29, 0.717) is 17.3 Å². The Kier molecular flexibility index (Phi) is 5.27. The minimum atomic E-state index is -0.225. The standard InChI is InChI=1S/C26H24ClN3O2/c1-16-6-8-17(9-7-16)25-24-21(22-15-20(32-2)10-11-23(22)29-24)12-13-30(25)26(31)28-19-5-3-4-18(27)14-19/h3-11,14-15,25,29H,12-13H2,1-2H3,(H,28,31)/t25-/m0/s1. The van der Waals surface area contributed by atoms with Crippen molar-refractivity contribution in [1.82, 2.24) is 9.88 Å². The molecule has 32 heavy (non-hydrogen) atoms. The summed E-state index contributed by atoms with van der Waals surface area (Å²) in [5.74, 6) is 0.826. The Bertz CT molecular complexity index is 1300. The molecular formula is C26H24ClN3O2. The van der Waals surface area contributed by atoms with Crippen molar-refractivity contribution in [3.05, 3.63) is 94.1 Å². The number of halogens is 1. The molecule has 0 saturated carbocycles. The van der Waals surface area contributed by atoms with Crippen LogP contribution in [0.5, 0.6) is 5.75 Å². The largest absolute Gasteiger partial charge is 0.497 e. The van der Waals surface area contributed by atoms with Gasteiger partial charge in [-0.3, -0.25) is 0 Å². The van der Waals surface area contributed by atoms with Gasteiger partial charge in [0.15, 0.2) is 0 Å². The third-order valence-corrected chi connectivity index (χ3v) is 6.30. The fourth-order valence-corrected chi connectivity index (χ4v) is 4.66. The monoisotopic (exact) mass is 445 g/mol. The number of carbonyl (C=O) groups is 1. The maximum atomic E-state index is 13.4. The molecular weight excluding hydrogens is 422 g/mol. The van der Waals surface area contributed by atoms with E-state index >= 15 is 0 Å². The lowest BCUT2D eigenvalue weighted by molar-refractivity contribution is 0.193. The zero-order valence-corrected chi connectivity index (χ0v) is 18.7. The molecule has 1 aliphatic heterocycles. The van der Waals surface area contributed by atoms with Crippen LogP contribution in [-0.2, 0) is 6.42 Å². The molecule has 2 N–H and O–H groups in total. The van der Waals surface area contributed by atoms with Crippen molar-refractivity contribution in [2.75, 3.05) is 19.0 Å². The van der Waals surface area contributed by atoms with E-state index in [1.807, 2.05) is 29.2 Å². The van der Waals surface area contributed by atoms with Crippen LogP contribution in [0.15, 0.2) is 66.7 Å². The molecule has 6 heteroatoms. The molecule has 1 aliphatic rings. The number of methoxy groups -OCH3 is 1. The van der Waals surface area contributed by atoms with Crippen molar-refractivity contribution >= 4 is 34.2 Å². The third kappa shape index (κ3) is 3.69. The first-order valence-electron chi connectivity index (χ1n) is 10.6. The Balaban J connectivity index is 1.58. The summed E-state index contributed by atoms with van der Waals surface area (Å²) >= 11 is 6.11. The summed E-state index contributed by atoms with van der Waals surface area (Å²) in [6.07, 6.45) is 0.758. The van der Waals surface area contributed by atoms with Crippen LogP contribution in [-0.4, -0.2) is 29.6 Å². The van der Waals surface area contributed by atoms with Crippen molar-refractivity contribution in [1.29, 1.82) is 0 Å². The molecule has 4 aromatic rings. The zero-order valence-electron chi connectivity index (χ0n) is 18.0. The van der Waals surface area contributed by atoms with Crippen molar-refractivity contribution < 1.29 is 9.53 Å². The number of amides is 2. The van der Waals surface area contributed by atoms with Crippen LogP contribution >= 0.6 is 11.6 Å². The summed E-state index contributed by atoms with van der Waals surface area (Å²) in [6.45, 7) is 2.66. The van der Waals surface area contributed by atoms with E-state index in [2.05, 4.69) is 47.6 Å². The number of nitrogens with zero attached hydrogens (tertiary/aromatic N) is 1. The van der Waals surface area contributed by atoms with E-state index in [0.717, 1.165) is 34.3 Å². The maximum absolute atomic E-state index is 13.4. The number of nitrogens with one attached hydrogen (secondary N) is 2. The number of H-pyrrole nitrogens is 1. The number of benzene rings is 3. The van der Waals surface area contributed by atoms with E-state index in [1.165, 1.54) is 11.1 Å². The van der Waals surface area contributed by atoms with Gasteiger partial charge in [0, 0.05) is 33.9 Å². The highest BCUT2D eigenvalue weighted by Crippen LogP contribution is 2.39. The number of anilines is 1. The lowest BCUT2D eigenvalue weighted by Gasteiger charge is -2.36. The molecule has 2 heterocycles. The number of aromatic nitrogens is 1. The molecule has 5 nitrogen and oxygen atoms in total. The lowest BCUT2D eigenvalue weighted by Crippen LogP contribution is -2.43. The maximum Gasteiger partial charge on any atom is 0.322 e. The Morgan fingerprint density at radius 1 is 1.12 bits per heavy atom. The predicted octanol–water partition coefficient (Wildman–Crippen LogP) is 6.32. The Morgan fingerprint density at radius 3 is 2.69 bits per heavy atom. The van der Waals surface area contributed by atoms with Crippen LogP contribution < -0.4 is 10.1 Å². The van der Waals surface area contributed by atoms with Gasteiger partial charge in [-0.25, -0.2) is 4.79 Å². The Labute approximate surface area is 192 Å². The van der Waals surface area contributed by atoms with Gasteiger partial charge in [0.05, 0.1) is 13.2 Å². The van der Waals surface area contributed by atoms with Crippen LogP contribution in [0.4, 0.5) is 10.5 Å². The molecule has 1 atom stereocenters. The summed E-state index contributed by atoms with van der Waals surface area (Å²) in [7, 11) is 1.68. The number of rotatable bonds is 3. The van der Waals surface area contributed by atoms with Crippen LogP contribution in [0.2, 0.25) is 5.02 Å². The van der Waals surface area contributed by atoms with E-state index in [-0.39, 0.29) is 12.1 Å². The first-order chi connectivity index (χ1) is 15.5. The molecule has 3 aromatic carbocycles. The molecule has 0 saturated heterocycles. The fraction of sp³-hybridized carbons (Fsp3) is 0.192. The van der Waals surface area contributed by atoms with Gasteiger partial charge in [0.25, 0.3) is 0 Å². The smallest absolute Gasteiger partial charge is 0.322 e. The van der Waals surface area contributed by atoms with E-state index in [9.17, 15) is 4.79 Å². The number of aryl methyl sites for hydroxylation is 1. The molecule has 1 aromatic heterocycles. The average Bonchev–Trinajstić information content (AvgIpc) is 3.17. The van der Waals surface area contributed by atoms with Gasteiger partial charge in [-0.15, -0.1) is 0 Å². The van der Waals surface area contributed by atoms with Crippen molar-refractivity contribution in [3.8, 4) is 5.75 Å². The number of urea groups is 1. The average molecular weight is 446 g/mol. The highest BCUT2D eigenvalue weighted by Gasteiger charge is 2.34. The summed E-state index contributed by atoms with van der Waals surface area (Å²) in [4.78, 5) is 18.9. The van der Waals surface area contributed by atoms with E-state index in [1.54, 1.807) is 19.2 Å². The number of ether oxygens (including phenoxy) is 1. The van der Waals surface area contributed by atoms with Crippen LogP contribution in [0.1, 0.15) is 28.4 Å². The quantitative estimate of drug-likeness (QED) is 0.387. The number of carbonyl (C=O) groups excluding carboxylic acids is 1. The summed E-state index contributed by atoms with van der Waals surface area (Å²) in [5.41, 5.74) is 6.25. The number of fused-ring (bicyclic) bond motifs is 3. The zero-order chi connectivity index (χ0) is 22.2. The highest BCUT2D eigenvalue weighted by atomic mass is 35.5. The van der Waals surface area contributed by atoms with Crippen LogP contribution in [0.25, 0.3) is 10.9 Å². The predicted molar refractivity (Wildman–Crippen MR) is 129 cm³/mol. The Hall–Kier alpha value is -3.44. The van der Waals surface area contributed by atoms with E-state index in [4.69, 9.17) is 16.3 Å². The topological polar surface area (TPSA) is 57.4 Å². The minimum absolute atomic E-state index is 0.153. The first kappa shape index (κ1) is 20.5. The summed E-state index contributed by atoms with van der Waals surface area (Å²) in [6, 6.07) is 21.3. The van der Waals surface area contributed by atoms with Crippen molar-refractivity contribution in [3.63, 3.8) is 0 Å². The SMILES string of the molecule is COc1ccc2[nH]c3c(c2c1)CCN(C(=O)Nc1cccc(Cl)c1)[C@H]3c1ccc(C)cc1. The summed E-state index contributed by atoms with van der Waals surface area (Å²) < 4.78 is 5.44. The molecule has 0 aliphatic carbocycles. The van der Waals surface area contributed by atoms with Gasteiger partial charge < -0.3 is 19.9 Å². The molecule has 0 radical (unpaired) electrons. The minimum Gasteiger partial charge on any atom is -0.497 e. The molecule has 5 rings (SSSR count). The molecule has 0 fully saturated rings. The number of hydrogen-bond acceptors (Lipinski definition) is 2. The molecule has 0 bridgehead atoms. The van der Waals surface area contributed by atoms with Crippen LogP contribution in [0, 0.1) is 6.92 Å². The van der Waals surface area contributed by atoms with Gasteiger partial charge in [-0.1, -0.05) is 47.5 Å². The first-order valence-corrected chi connectivity index (χ1v) is 11.0. The molecule has 0 spiro atoms. The number of aromatic amines is 1. The second kappa shape index (κ2) is 8.24. The van der Waals surface area contributed by atoms with Crippen molar-refractivity contribution in [2.24, 2.45) is 0 Å². The second-order valence-electron chi connectivity index (χ2n) is 8.13. The van der Waals surface area contributed by atoms with Gasteiger partial charge in [-0.05, 0) is 60.9 Å². The second-order valence-corrected chi connectivity index (χ2v) is 8.56. The van der Waals surface area contributed by atoms with E-state index < -0.39 is 0 Å². The number of hydrogen-bond donors (Lipinski definition) is 2. The van der Waals surface area contributed by atoms with Gasteiger partial charge in [0.1, 0.15) is 5.75 Å². The summed E-state index contributed by atoms with van der Waals surface area (Å²) in [5, 5.41) is 4.75. The normalized spacial score (nSPS) is 15.5. The Morgan fingerprint density at radius 2 is 1.94 bits per heavy atom. The van der Waals surface area contributed by atoms with Gasteiger partial charge >= 0.3 is 6.03 Å².